The van der Waals surface area contributed by atoms with E-state index in [9.17, 15) is 22.4 Å². The van der Waals surface area contributed by atoms with Gasteiger partial charge in [0.25, 0.3) is 5.91 Å². The molecule has 0 saturated carbocycles. The molecule has 2 aliphatic heterocycles. The van der Waals surface area contributed by atoms with E-state index in [1.165, 1.54) is 29.5 Å². The van der Waals surface area contributed by atoms with Crippen LogP contribution in [0.3, 0.4) is 0 Å². The summed E-state index contributed by atoms with van der Waals surface area (Å²) in [7, 11) is 0. The zero-order valence-electron chi connectivity index (χ0n) is 27.1. The molecular weight excluding hydrogens is 711 g/mol. The Kier molecular flexibility index (Phi) is 11.5. The van der Waals surface area contributed by atoms with Crippen molar-refractivity contribution < 1.29 is 27.1 Å². The summed E-state index contributed by atoms with van der Waals surface area (Å²) in [6, 6.07) is 15.9. The van der Waals surface area contributed by atoms with Crippen molar-refractivity contribution >= 4 is 62.8 Å². The van der Waals surface area contributed by atoms with E-state index >= 15 is 0 Å². The number of nitrogens with one attached hydrogen (secondary N) is 3. The second kappa shape index (κ2) is 16.2. The van der Waals surface area contributed by atoms with Gasteiger partial charge in [0.15, 0.2) is 0 Å². The number of para-hydroxylation sites is 1. The lowest BCUT2D eigenvalue weighted by atomic mass is 10.1. The predicted octanol–water partition coefficient (Wildman–Crippen LogP) is 7.40. The van der Waals surface area contributed by atoms with Crippen molar-refractivity contribution in [3.05, 3.63) is 88.7 Å². The van der Waals surface area contributed by atoms with Crippen molar-refractivity contribution in [2.24, 2.45) is 11.8 Å². The quantitative estimate of drug-likeness (QED) is 0.126. The van der Waals surface area contributed by atoms with Gasteiger partial charge in [-0.3, -0.25) is 14.8 Å². The Bertz CT molecular complexity index is 1990. The fourth-order valence-electron chi connectivity index (χ4n) is 5.80. The Morgan fingerprint density at radius 3 is 2.08 bits per heavy atom. The number of hydrogen-bond donors (Lipinski definition) is 3. The van der Waals surface area contributed by atoms with Crippen molar-refractivity contribution in [2.75, 3.05) is 49.9 Å². The highest BCUT2D eigenvalue weighted by molar-refractivity contribution is 6.31. The smallest absolute Gasteiger partial charge is 0.427 e. The van der Waals surface area contributed by atoms with Crippen LogP contribution in [0.4, 0.5) is 29.2 Å². The molecule has 2 saturated heterocycles. The fourth-order valence-corrected chi connectivity index (χ4v) is 6.13. The minimum absolute atomic E-state index is 0.0762. The summed E-state index contributed by atoms with van der Waals surface area (Å²) in [5.41, 5.74) is 2.86. The molecule has 3 N–H and O–H groups in total. The number of rotatable bonds is 10. The molecule has 0 bridgehead atoms. The zero-order valence-corrected chi connectivity index (χ0v) is 28.6. The topological polar surface area (TPSA) is 117 Å². The van der Waals surface area contributed by atoms with E-state index in [1.54, 1.807) is 30.6 Å². The van der Waals surface area contributed by atoms with Gasteiger partial charge in [0.1, 0.15) is 17.4 Å². The molecule has 51 heavy (non-hydrogen) atoms. The monoisotopic (exact) mass is 744 g/mol. The largest absolute Gasteiger partial charge is 0.461 e. The third kappa shape index (κ3) is 9.43. The third-order valence-corrected chi connectivity index (χ3v) is 8.98. The second-order valence-corrected chi connectivity index (χ2v) is 13.1. The van der Waals surface area contributed by atoms with Gasteiger partial charge in [-0.05, 0) is 86.3 Å². The summed E-state index contributed by atoms with van der Waals surface area (Å²) in [6.07, 6.45) is -3.46. The number of ether oxygens (including phenoxy) is 1. The highest BCUT2D eigenvalue weighted by atomic mass is 35.5. The van der Waals surface area contributed by atoms with Crippen LogP contribution < -0.4 is 20.7 Å². The van der Waals surface area contributed by atoms with Crippen molar-refractivity contribution in [1.29, 1.82) is 0 Å². The third-order valence-electron chi connectivity index (χ3n) is 8.51. The molecule has 2 aromatic heterocycles. The molecule has 2 atom stereocenters. The molecule has 2 aliphatic rings. The first-order valence-corrected chi connectivity index (χ1v) is 17.1. The van der Waals surface area contributed by atoms with Crippen LogP contribution in [0.15, 0.2) is 73.1 Å². The number of benzene rings is 3. The van der Waals surface area contributed by atoms with Crippen LogP contribution in [0.1, 0.15) is 23.2 Å². The number of anilines is 2. The number of likely N-dealkylation sites (tertiary alicyclic amines) is 1. The van der Waals surface area contributed by atoms with Crippen LogP contribution in [0.25, 0.3) is 22.1 Å². The molecule has 268 valence electrons. The normalized spacial score (nSPS) is 17.4. The molecule has 3 aromatic carbocycles. The Morgan fingerprint density at radius 2 is 1.49 bits per heavy atom. The maximum atomic E-state index is 13.4. The number of nitrogens with zero attached hydrogens (tertiary/aromatic N) is 5. The minimum atomic E-state index is -4.69. The lowest BCUT2D eigenvalue weighted by Crippen LogP contribution is -2.35. The Morgan fingerprint density at radius 1 is 0.882 bits per heavy atom. The molecular formula is C35H34Cl2F4N8O2. The molecule has 0 unspecified atom stereocenters. The van der Waals surface area contributed by atoms with Crippen LogP contribution in [0.5, 0.6) is 5.75 Å². The maximum absolute atomic E-state index is 13.4. The average molecular weight is 746 g/mol. The van der Waals surface area contributed by atoms with Gasteiger partial charge < -0.3 is 25.6 Å². The van der Waals surface area contributed by atoms with Gasteiger partial charge in [-0.15, -0.1) is 0 Å². The van der Waals surface area contributed by atoms with Crippen LogP contribution in [-0.2, 0) is 0 Å². The molecule has 2 fully saturated rings. The number of carbonyl (C=O) groups excluding carboxylic acids is 1. The van der Waals surface area contributed by atoms with Gasteiger partial charge in [-0.25, -0.2) is 9.97 Å². The molecule has 0 spiro atoms. The lowest BCUT2D eigenvalue weighted by molar-refractivity contribution is -0.253. The SMILES string of the molecule is Clc1ccc2nc(NC[C@@H]3CCNC3)cnc2c1.O=C(c1ccccc1OC(F)(F)C(F)F)N1CC[C@@H](CNc2cnc3cc(Cl)ccc3n2)C1. The van der Waals surface area contributed by atoms with Crippen LogP contribution in [0.2, 0.25) is 10.0 Å². The van der Waals surface area contributed by atoms with E-state index in [1.807, 2.05) is 18.2 Å². The van der Waals surface area contributed by atoms with E-state index in [-0.39, 0.29) is 11.5 Å². The fraction of sp³-hybridized carbons (Fsp3) is 0.343. The van der Waals surface area contributed by atoms with Crippen LogP contribution in [0, 0.1) is 11.8 Å². The number of carbonyl (C=O) groups is 1. The number of hydrogen-bond acceptors (Lipinski definition) is 9. The van der Waals surface area contributed by atoms with E-state index < -0.39 is 24.2 Å². The second-order valence-electron chi connectivity index (χ2n) is 12.3. The predicted molar refractivity (Wildman–Crippen MR) is 189 cm³/mol. The molecule has 7 rings (SSSR count). The molecule has 16 heteroatoms. The molecule has 10 nitrogen and oxygen atoms in total. The minimum Gasteiger partial charge on any atom is -0.427 e. The van der Waals surface area contributed by atoms with Gasteiger partial charge >= 0.3 is 12.5 Å². The number of alkyl halides is 4. The van der Waals surface area contributed by atoms with E-state index in [2.05, 4.69) is 40.6 Å². The van der Waals surface area contributed by atoms with E-state index in [0.29, 0.717) is 58.9 Å². The van der Waals surface area contributed by atoms with E-state index in [4.69, 9.17) is 23.2 Å². The number of amides is 1. The van der Waals surface area contributed by atoms with Crippen molar-refractivity contribution in [3.8, 4) is 5.75 Å². The Hall–Kier alpha value is -4.53. The van der Waals surface area contributed by atoms with Crippen molar-refractivity contribution in [1.82, 2.24) is 30.2 Å². The van der Waals surface area contributed by atoms with Gasteiger partial charge in [-0.2, -0.15) is 17.6 Å². The maximum Gasteiger partial charge on any atom is 0.461 e. The summed E-state index contributed by atoms with van der Waals surface area (Å²) in [6.45, 7) is 4.42. The summed E-state index contributed by atoms with van der Waals surface area (Å²) >= 11 is 11.9. The highest BCUT2D eigenvalue weighted by Crippen LogP contribution is 2.31. The van der Waals surface area contributed by atoms with Gasteiger partial charge in [0, 0.05) is 36.2 Å². The number of fused-ring (bicyclic) bond motifs is 2. The molecule has 0 radical (unpaired) electrons. The first-order chi connectivity index (χ1) is 24.5. The number of aromatic nitrogens is 4. The van der Waals surface area contributed by atoms with E-state index in [0.717, 1.165) is 42.6 Å². The lowest BCUT2D eigenvalue weighted by Gasteiger charge is -2.21. The first kappa shape index (κ1) is 36.3. The molecule has 4 heterocycles. The molecule has 5 aromatic rings. The zero-order chi connectivity index (χ0) is 36.0. The molecule has 1 amide bonds. The average Bonchev–Trinajstić information content (AvgIpc) is 3.83. The van der Waals surface area contributed by atoms with Crippen molar-refractivity contribution in [2.45, 2.75) is 25.4 Å². The highest BCUT2D eigenvalue weighted by Gasteiger charge is 2.45. The van der Waals surface area contributed by atoms with Crippen molar-refractivity contribution in [3.63, 3.8) is 0 Å². The summed E-state index contributed by atoms with van der Waals surface area (Å²) in [5, 5.41) is 11.2. The first-order valence-electron chi connectivity index (χ1n) is 16.3. The summed E-state index contributed by atoms with van der Waals surface area (Å²) in [5.74, 6) is 1.03. The summed E-state index contributed by atoms with van der Waals surface area (Å²) in [4.78, 5) is 32.0. The van der Waals surface area contributed by atoms with Gasteiger partial charge in [0.05, 0.1) is 40.0 Å². The van der Waals surface area contributed by atoms with Crippen LogP contribution in [-0.4, -0.2) is 82.5 Å². The number of halogens is 6. The standard InChI is InChI=1S/C22H19ClF4N4O2.C13H15ClN4/c23-14-5-6-16-17(9-14)28-11-19(30-16)29-10-13-7-8-31(12-13)20(32)15-3-1-2-4-18(15)33-22(26,27)21(24)25;14-10-1-2-11-12(5-10)16-8-13(18-11)17-7-9-3-4-15-6-9/h1-6,9,11,13,21H,7-8,10,12H2,(H,29,30);1-2,5,8-9,15H,3-4,6-7H2,(H,17,18)/t13-;9-/m01/s1. The van der Waals surface area contributed by atoms with Gasteiger partial charge in [0.2, 0.25) is 0 Å². The summed E-state index contributed by atoms with van der Waals surface area (Å²) < 4.78 is 56.0. The Balaban J connectivity index is 0.000000208. The Labute approximate surface area is 300 Å². The van der Waals surface area contributed by atoms with Gasteiger partial charge in [-0.1, -0.05) is 35.3 Å². The van der Waals surface area contributed by atoms with Crippen LogP contribution >= 0.6 is 23.2 Å². The molecule has 0 aliphatic carbocycles.